The Morgan fingerprint density at radius 1 is 1.14 bits per heavy atom. The second kappa shape index (κ2) is 10.6. The molecule has 2 nitrogen and oxygen atoms in total. The van der Waals surface area contributed by atoms with Crippen LogP contribution in [0.25, 0.3) is 0 Å². The van der Waals surface area contributed by atoms with Crippen LogP contribution in [-0.2, 0) is 9.08 Å². The molecule has 0 heterocycles. The molecule has 0 radical (unpaired) electrons. The molecule has 0 aromatic rings. The maximum absolute atomic E-state index is 10.6. The Labute approximate surface area is 91.4 Å². The van der Waals surface area contributed by atoms with Gasteiger partial charge in [0.2, 0.25) is 0 Å². The van der Waals surface area contributed by atoms with E-state index in [0.717, 1.165) is 19.3 Å². The molecule has 0 atom stereocenters. The first-order valence-electron chi connectivity index (χ1n) is 5.23. The van der Waals surface area contributed by atoms with Crippen LogP contribution in [0.2, 0.25) is 0 Å². The fourth-order valence-electron chi connectivity index (χ4n) is 1.30. The Balaban J connectivity index is 2.98. The Hall–Kier alpha value is -0.500. The van der Waals surface area contributed by atoms with E-state index >= 15 is 0 Å². The second-order valence-corrected chi connectivity index (χ2v) is 3.55. The summed E-state index contributed by atoms with van der Waals surface area (Å²) in [7, 11) is 0. The Morgan fingerprint density at radius 2 is 1.71 bits per heavy atom. The zero-order valence-electron chi connectivity index (χ0n) is 8.64. The Bertz CT molecular complexity index is 157. The van der Waals surface area contributed by atoms with Gasteiger partial charge in [-0.25, -0.2) is 0 Å². The van der Waals surface area contributed by atoms with Crippen molar-refractivity contribution in [1.82, 2.24) is 0 Å². The molecule has 0 saturated carbocycles. The molecule has 3 heteroatoms. The van der Waals surface area contributed by atoms with Gasteiger partial charge in [0.05, 0.1) is 0 Å². The first-order valence-corrected chi connectivity index (χ1v) is 5.54. The van der Waals surface area contributed by atoms with Gasteiger partial charge in [0, 0.05) is 6.42 Å². The van der Waals surface area contributed by atoms with Gasteiger partial charge in [-0.1, -0.05) is 31.8 Å². The van der Waals surface area contributed by atoms with Crippen molar-refractivity contribution in [2.75, 3.05) is 0 Å². The summed E-state index contributed by atoms with van der Waals surface area (Å²) in [5, 5.41) is 0. The fraction of sp³-hybridized carbons (Fsp3) is 0.727. The lowest BCUT2D eigenvalue weighted by molar-refractivity contribution is -0.134. The van der Waals surface area contributed by atoms with E-state index in [2.05, 4.69) is 10.9 Å². The molecule has 0 aliphatic heterocycles. The lowest BCUT2D eigenvalue weighted by Gasteiger charge is -1.99. The minimum absolute atomic E-state index is 0.321. The molecule has 0 aliphatic carbocycles. The van der Waals surface area contributed by atoms with Gasteiger partial charge in [0.25, 0.3) is 0 Å². The molecular weight excluding hydrogens is 200 g/mol. The molecule has 0 amide bonds. The third-order valence-corrected chi connectivity index (χ3v) is 2.30. The van der Waals surface area contributed by atoms with E-state index in [1.165, 1.54) is 25.7 Å². The number of hydrogen-bond donors (Lipinski definition) is 0. The maximum Gasteiger partial charge on any atom is 0.324 e. The number of allylic oxidation sites excluding steroid dienone is 1. The molecule has 0 rings (SSSR count). The standard InChI is InChI=1S/C11H19ClO2/c1-2-3-4-5-6-7-8-9-10-11(13)14-12/h2H,1,3-10H2. The minimum Gasteiger partial charge on any atom is -0.348 e. The molecule has 82 valence electrons. The van der Waals surface area contributed by atoms with Gasteiger partial charge < -0.3 is 4.29 Å². The number of unbranched alkanes of at least 4 members (excludes halogenated alkanes) is 6. The van der Waals surface area contributed by atoms with Crippen molar-refractivity contribution >= 4 is 17.8 Å². The van der Waals surface area contributed by atoms with Crippen LogP contribution < -0.4 is 0 Å². The highest BCUT2D eigenvalue weighted by molar-refractivity contribution is 6.13. The van der Waals surface area contributed by atoms with Gasteiger partial charge in [0.1, 0.15) is 11.9 Å². The summed E-state index contributed by atoms with van der Waals surface area (Å²) in [6.45, 7) is 3.67. The number of hydrogen-bond acceptors (Lipinski definition) is 2. The Kier molecular flexibility index (Phi) is 10.2. The third-order valence-electron chi connectivity index (χ3n) is 2.13. The van der Waals surface area contributed by atoms with Gasteiger partial charge in [-0.15, -0.1) is 6.58 Å². The van der Waals surface area contributed by atoms with E-state index in [-0.39, 0.29) is 5.97 Å². The Morgan fingerprint density at radius 3 is 2.29 bits per heavy atom. The molecule has 14 heavy (non-hydrogen) atoms. The largest absolute Gasteiger partial charge is 0.348 e. The quantitative estimate of drug-likeness (QED) is 0.432. The number of carbonyl (C=O) groups excluding carboxylic acids is 1. The lowest BCUT2D eigenvalue weighted by Crippen LogP contribution is -1.95. The maximum atomic E-state index is 10.6. The van der Waals surface area contributed by atoms with Crippen LogP contribution in [0.5, 0.6) is 0 Å². The first kappa shape index (κ1) is 13.5. The number of halogens is 1. The van der Waals surface area contributed by atoms with Crippen LogP contribution >= 0.6 is 11.9 Å². The zero-order chi connectivity index (χ0) is 10.6. The monoisotopic (exact) mass is 218 g/mol. The summed E-state index contributed by atoms with van der Waals surface area (Å²) in [6.07, 6.45) is 10.4. The third kappa shape index (κ3) is 9.59. The summed E-state index contributed by atoms with van der Waals surface area (Å²) in [5.74, 6) is -0.321. The van der Waals surface area contributed by atoms with Crippen molar-refractivity contribution in [2.45, 2.75) is 51.4 Å². The molecular formula is C11H19ClO2. The topological polar surface area (TPSA) is 26.3 Å². The highest BCUT2D eigenvalue weighted by atomic mass is 35.5. The molecule has 0 saturated heterocycles. The van der Waals surface area contributed by atoms with Crippen molar-refractivity contribution in [3.63, 3.8) is 0 Å². The SMILES string of the molecule is C=CCCCCCCCCC(=O)OCl. The average Bonchev–Trinajstić information content (AvgIpc) is 2.21. The number of carbonyl (C=O) groups is 1. The summed E-state index contributed by atoms with van der Waals surface area (Å²) < 4.78 is 4.03. The molecule has 0 fully saturated rings. The molecule has 0 unspecified atom stereocenters. The first-order chi connectivity index (χ1) is 6.81. The van der Waals surface area contributed by atoms with Gasteiger partial charge >= 0.3 is 5.97 Å². The summed E-state index contributed by atoms with van der Waals surface area (Å²) in [5.41, 5.74) is 0. The molecule has 0 aromatic carbocycles. The second-order valence-electron chi connectivity index (χ2n) is 3.40. The molecule has 0 aliphatic rings. The van der Waals surface area contributed by atoms with Crippen LogP contribution in [0.1, 0.15) is 51.4 Å². The summed E-state index contributed by atoms with van der Waals surface area (Å²) in [6, 6.07) is 0. The van der Waals surface area contributed by atoms with E-state index in [1.807, 2.05) is 6.08 Å². The van der Waals surface area contributed by atoms with Crippen molar-refractivity contribution in [2.24, 2.45) is 0 Å². The average molecular weight is 219 g/mol. The van der Waals surface area contributed by atoms with Crippen LogP contribution in [0.3, 0.4) is 0 Å². The van der Waals surface area contributed by atoms with Crippen LogP contribution in [0.4, 0.5) is 0 Å². The zero-order valence-corrected chi connectivity index (χ0v) is 9.39. The van der Waals surface area contributed by atoms with Gasteiger partial charge in [-0.3, -0.25) is 4.79 Å². The fourth-order valence-corrected chi connectivity index (χ4v) is 1.38. The van der Waals surface area contributed by atoms with E-state index in [1.54, 1.807) is 0 Å². The highest BCUT2D eigenvalue weighted by Gasteiger charge is 2.00. The lowest BCUT2D eigenvalue weighted by atomic mass is 10.1. The van der Waals surface area contributed by atoms with Gasteiger partial charge in [0.15, 0.2) is 0 Å². The summed E-state index contributed by atoms with van der Waals surface area (Å²) >= 11 is 4.89. The van der Waals surface area contributed by atoms with Crippen LogP contribution in [0, 0.1) is 0 Å². The van der Waals surface area contributed by atoms with Crippen LogP contribution in [0.15, 0.2) is 12.7 Å². The van der Waals surface area contributed by atoms with E-state index in [4.69, 9.17) is 11.9 Å². The minimum atomic E-state index is -0.321. The predicted octanol–water partition coefficient (Wildman–Crippen LogP) is 3.99. The van der Waals surface area contributed by atoms with E-state index in [9.17, 15) is 4.79 Å². The van der Waals surface area contributed by atoms with E-state index in [0.29, 0.717) is 6.42 Å². The molecule has 0 spiro atoms. The van der Waals surface area contributed by atoms with Crippen molar-refractivity contribution < 1.29 is 9.08 Å². The van der Waals surface area contributed by atoms with Gasteiger partial charge in [-0.2, -0.15) is 0 Å². The van der Waals surface area contributed by atoms with Crippen molar-refractivity contribution in [3.8, 4) is 0 Å². The van der Waals surface area contributed by atoms with Gasteiger partial charge in [-0.05, 0) is 19.3 Å². The van der Waals surface area contributed by atoms with E-state index < -0.39 is 0 Å². The molecule has 0 aromatic heterocycles. The predicted molar refractivity (Wildman–Crippen MR) is 59.1 cm³/mol. The van der Waals surface area contributed by atoms with Crippen molar-refractivity contribution in [1.29, 1.82) is 0 Å². The smallest absolute Gasteiger partial charge is 0.324 e. The summed E-state index contributed by atoms with van der Waals surface area (Å²) in [4.78, 5) is 10.6. The highest BCUT2D eigenvalue weighted by Crippen LogP contribution is 2.09. The number of rotatable bonds is 9. The van der Waals surface area contributed by atoms with Crippen LogP contribution in [-0.4, -0.2) is 5.97 Å². The van der Waals surface area contributed by atoms with Crippen molar-refractivity contribution in [3.05, 3.63) is 12.7 Å². The molecule has 0 N–H and O–H groups in total. The molecule has 0 bridgehead atoms. The normalized spacial score (nSPS) is 9.79.